The van der Waals surface area contributed by atoms with Crippen LogP contribution in [0.2, 0.25) is 0 Å². The number of aliphatic carboxylic acids is 2. The average molecular weight is 519 g/mol. The Morgan fingerprint density at radius 2 is 1.57 bits per heavy atom. The first kappa shape index (κ1) is 28.8. The van der Waals surface area contributed by atoms with Gasteiger partial charge in [0, 0.05) is 24.7 Å². The number of carboxylic acid groups (broad SMARTS) is 2. The number of carbonyl (C=O) groups is 5. The van der Waals surface area contributed by atoms with Gasteiger partial charge in [-0.3, -0.25) is 24.0 Å². The lowest BCUT2D eigenvalue weighted by Crippen LogP contribution is -2.57. The summed E-state index contributed by atoms with van der Waals surface area (Å²) in [6.07, 6.45) is 2.03. The largest absolute Gasteiger partial charge is 0.508 e. The number of carbonyl (C=O) groups excluding carboxylic acids is 3. The number of nitrogens with zero attached hydrogens (tertiary/aromatic N) is 1. The molecule has 14 nitrogen and oxygen atoms in total. The fourth-order valence-corrected chi connectivity index (χ4v) is 3.27. The number of nitrogens with one attached hydrogen (secondary N) is 4. The van der Waals surface area contributed by atoms with Crippen molar-refractivity contribution in [2.24, 2.45) is 5.73 Å². The van der Waals surface area contributed by atoms with Gasteiger partial charge in [-0.05, 0) is 37.5 Å². The Morgan fingerprint density at radius 3 is 2.14 bits per heavy atom. The van der Waals surface area contributed by atoms with Crippen LogP contribution in [0.5, 0.6) is 5.75 Å². The Morgan fingerprint density at radius 1 is 0.946 bits per heavy atom. The van der Waals surface area contributed by atoms with Crippen LogP contribution < -0.4 is 21.7 Å². The number of hydrogen-bond acceptors (Lipinski definition) is 8. The van der Waals surface area contributed by atoms with E-state index in [-0.39, 0.29) is 25.0 Å². The average Bonchev–Trinajstić information content (AvgIpc) is 3.35. The number of H-pyrrole nitrogens is 1. The minimum Gasteiger partial charge on any atom is -0.508 e. The maximum absolute atomic E-state index is 13.1. The first-order valence-corrected chi connectivity index (χ1v) is 11.3. The monoisotopic (exact) mass is 518 g/mol. The van der Waals surface area contributed by atoms with Gasteiger partial charge in [0.25, 0.3) is 0 Å². The zero-order valence-corrected chi connectivity index (χ0v) is 20.0. The number of nitrogens with two attached hydrogens (primary N) is 1. The molecule has 4 atom stereocenters. The third-order valence-corrected chi connectivity index (χ3v) is 5.35. The molecule has 2 rings (SSSR count). The van der Waals surface area contributed by atoms with Gasteiger partial charge in [0.15, 0.2) is 0 Å². The lowest BCUT2D eigenvalue weighted by Gasteiger charge is -2.24. The Balaban J connectivity index is 2.14. The van der Waals surface area contributed by atoms with Crippen LogP contribution >= 0.6 is 0 Å². The van der Waals surface area contributed by atoms with Crippen LogP contribution in [0.25, 0.3) is 0 Å². The van der Waals surface area contributed by atoms with E-state index in [1.165, 1.54) is 31.6 Å². The van der Waals surface area contributed by atoms with Gasteiger partial charge in [0.05, 0.1) is 12.4 Å². The number of aromatic hydroxyl groups is 1. The predicted octanol–water partition coefficient (Wildman–Crippen LogP) is -1.35. The molecule has 0 aliphatic rings. The molecule has 0 aliphatic carbocycles. The topological polar surface area (TPSA) is 237 Å². The van der Waals surface area contributed by atoms with Crippen LogP contribution in [-0.2, 0) is 36.8 Å². The highest BCUT2D eigenvalue weighted by atomic mass is 16.4. The molecule has 0 spiro atoms. The maximum Gasteiger partial charge on any atom is 0.325 e. The van der Waals surface area contributed by atoms with E-state index in [1.807, 2.05) is 0 Å². The van der Waals surface area contributed by atoms with Crippen LogP contribution in [0, 0.1) is 0 Å². The van der Waals surface area contributed by atoms with Crippen molar-refractivity contribution in [1.82, 2.24) is 25.9 Å². The van der Waals surface area contributed by atoms with Gasteiger partial charge in [-0.2, -0.15) is 0 Å². The number of aromatic nitrogens is 2. The number of carboxylic acids is 2. The molecule has 0 fully saturated rings. The minimum absolute atomic E-state index is 0.0404. The van der Waals surface area contributed by atoms with Gasteiger partial charge in [-0.1, -0.05) is 12.1 Å². The smallest absolute Gasteiger partial charge is 0.325 e. The Kier molecular flexibility index (Phi) is 10.6. The molecular weight excluding hydrogens is 488 g/mol. The van der Waals surface area contributed by atoms with E-state index in [2.05, 4.69) is 25.9 Å². The molecule has 1 aromatic carbocycles. The molecule has 200 valence electrons. The zero-order valence-electron chi connectivity index (χ0n) is 20.0. The van der Waals surface area contributed by atoms with Gasteiger partial charge in [-0.25, -0.2) is 4.98 Å². The number of phenols is 1. The predicted molar refractivity (Wildman–Crippen MR) is 128 cm³/mol. The molecular formula is C23H30N6O8. The van der Waals surface area contributed by atoms with Crippen molar-refractivity contribution in [2.45, 2.75) is 56.8 Å². The number of rotatable bonds is 14. The summed E-state index contributed by atoms with van der Waals surface area (Å²) in [6.45, 7) is 1.25. The first-order chi connectivity index (χ1) is 17.5. The van der Waals surface area contributed by atoms with Gasteiger partial charge in [0.2, 0.25) is 17.7 Å². The second-order valence-corrected chi connectivity index (χ2v) is 8.38. The summed E-state index contributed by atoms with van der Waals surface area (Å²) < 4.78 is 0. The van der Waals surface area contributed by atoms with E-state index < -0.39 is 60.2 Å². The second-order valence-electron chi connectivity index (χ2n) is 8.38. The Labute approximate surface area is 211 Å². The van der Waals surface area contributed by atoms with Crippen molar-refractivity contribution in [3.8, 4) is 5.75 Å². The molecule has 9 N–H and O–H groups in total. The summed E-state index contributed by atoms with van der Waals surface area (Å²) in [5.41, 5.74) is 7.07. The SMILES string of the molecule is CC(NC(=O)C(Cc1cnc[nH]1)NC(=O)C(CCC(=O)O)NC(=O)C(N)Cc1ccc(O)cc1)C(=O)O. The van der Waals surface area contributed by atoms with E-state index in [0.29, 0.717) is 11.3 Å². The van der Waals surface area contributed by atoms with E-state index in [1.54, 1.807) is 12.1 Å². The van der Waals surface area contributed by atoms with E-state index in [0.717, 1.165) is 0 Å². The molecule has 1 aromatic heterocycles. The third-order valence-electron chi connectivity index (χ3n) is 5.35. The van der Waals surface area contributed by atoms with Crippen molar-refractivity contribution in [1.29, 1.82) is 0 Å². The van der Waals surface area contributed by atoms with E-state index >= 15 is 0 Å². The highest BCUT2D eigenvalue weighted by molar-refractivity contribution is 5.94. The van der Waals surface area contributed by atoms with Gasteiger partial charge in [0.1, 0.15) is 23.9 Å². The number of aromatic amines is 1. The van der Waals surface area contributed by atoms with Crippen LogP contribution in [0.15, 0.2) is 36.8 Å². The molecule has 2 aromatic rings. The van der Waals surface area contributed by atoms with Crippen molar-refractivity contribution >= 4 is 29.7 Å². The lowest BCUT2D eigenvalue weighted by molar-refractivity contribution is -0.141. The summed E-state index contributed by atoms with van der Waals surface area (Å²) in [5.74, 6) is -4.83. The van der Waals surface area contributed by atoms with Crippen LogP contribution in [0.1, 0.15) is 31.0 Å². The molecule has 0 radical (unpaired) electrons. The summed E-state index contributed by atoms with van der Waals surface area (Å²) >= 11 is 0. The highest BCUT2D eigenvalue weighted by Gasteiger charge is 2.30. The quantitative estimate of drug-likeness (QED) is 0.146. The van der Waals surface area contributed by atoms with Crippen LogP contribution in [0.3, 0.4) is 0 Å². The van der Waals surface area contributed by atoms with Crippen molar-refractivity contribution in [3.05, 3.63) is 48.0 Å². The number of phenolic OH excluding ortho intramolecular Hbond substituents is 1. The third kappa shape index (κ3) is 9.60. The lowest BCUT2D eigenvalue weighted by atomic mass is 10.0. The molecule has 0 bridgehead atoms. The molecule has 37 heavy (non-hydrogen) atoms. The fraction of sp³-hybridized carbons (Fsp3) is 0.391. The highest BCUT2D eigenvalue weighted by Crippen LogP contribution is 2.11. The molecule has 4 unspecified atom stereocenters. The summed E-state index contributed by atoms with van der Waals surface area (Å²) in [4.78, 5) is 67.4. The molecule has 0 saturated carbocycles. The molecule has 1 heterocycles. The fourth-order valence-electron chi connectivity index (χ4n) is 3.27. The second kappa shape index (κ2) is 13.6. The summed E-state index contributed by atoms with van der Waals surface area (Å²) in [6, 6.07) is 1.08. The van der Waals surface area contributed by atoms with Gasteiger partial charge < -0.3 is 42.0 Å². The van der Waals surface area contributed by atoms with Crippen LogP contribution in [-0.4, -0.2) is 79.1 Å². The molecule has 0 aliphatic heterocycles. The van der Waals surface area contributed by atoms with Gasteiger partial charge in [-0.15, -0.1) is 0 Å². The minimum atomic E-state index is -1.34. The van der Waals surface area contributed by atoms with E-state index in [9.17, 15) is 29.1 Å². The number of imidazole rings is 1. The normalized spacial score (nSPS) is 14.0. The Hall–Kier alpha value is -4.46. The molecule has 14 heteroatoms. The number of hydrogen-bond donors (Lipinski definition) is 8. The summed E-state index contributed by atoms with van der Waals surface area (Å²) in [5, 5.41) is 34.7. The van der Waals surface area contributed by atoms with Crippen LogP contribution in [0.4, 0.5) is 0 Å². The number of benzene rings is 1. The van der Waals surface area contributed by atoms with Crippen molar-refractivity contribution in [2.75, 3.05) is 0 Å². The zero-order chi connectivity index (χ0) is 27.5. The molecule has 3 amide bonds. The first-order valence-electron chi connectivity index (χ1n) is 11.3. The maximum atomic E-state index is 13.1. The van der Waals surface area contributed by atoms with E-state index in [4.69, 9.17) is 15.9 Å². The van der Waals surface area contributed by atoms with Crippen molar-refractivity contribution in [3.63, 3.8) is 0 Å². The molecule has 0 saturated heterocycles. The Bertz CT molecular complexity index is 1090. The number of amides is 3. The standard InChI is InChI=1S/C23H30N6O8/c1-12(23(36)37)27-22(35)18(9-14-10-25-11-26-14)29-21(34)17(6-7-19(31)32)28-20(33)16(24)8-13-2-4-15(30)5-3-13/h2-5,10-12,16-18,30H,6-9,24H2,1H3,(H,25,26)(H,27,35)(H,28,33)(H,29,34)(H,31,32)(H,36,37). The summed E-state index contributed by atoms with van der Waals surface area (Å²) in [7, 11) is 0. The van der Waals surface area contributed by atoms with Gasteiger partial charge >= 0.3 is 11.9 Å². The van der Waals surface area contributed by atoms with Crippen molar-refractivity contribution < 1.29 is 39.3 Å².